The van der Waals surface area contributed by atoms with Gasteiger partial charge in [-0.05, 0) is 51.2 Å². The number of carbonyl (C=O) groups excluding carboxylic acids is 3. The third-order valence-corrected chi connectivity index (χ3v) is 8.13. The number of rotatable bonds is 11. The van der Waals surface area contributed by atoms with Crippen LogP contribution in [0.3, 0.4) is 0 Å². The van der Waals surface area contributed by atoms with Crippen molar-refractivity contribution in [3.8, 4) is 0 Å². The van der Waals surface area contributed by atoms with Crippen LogP contribution in [0.1, 0.15) is 58.8 Å². The molecule has 8 nitrogen and oxygen atoms in total. The Bertz CT molecular complexity index is 974. The monoisotopic (exact) mass is 505 g/mol. The van der Waals surface area contributed by atoms with Crippen molar-refractivity contribution in [3.05, 3.63) is 29.3 Å². The fraction of sp³-hybridized carbons (Fsp3) is 0.654. The lowest BCUT2D eigenvalue weighted by Gasteiger charge is -2.33. The van der Waals surface area contributed by atoms with Crippen molar-refractivity contribution in [2.24, 2.45) is 11.8 Å². The number of ether oxygens (including phenoxy) is 1. The maximum atomic E-state index is 13.9. The lowest BCUT2D eigenvalue weighted by Crippen LogP contribution is -2.53. The number of fused-ring (bicyclic) bond motifs is 1. The molecule has 3 fully saturated rings. The first kappa shape index (κ1) is 25.9. The second-order valence-corrected chi connectivity index (χ2v) is 10.6. The van der Waals surface area contributed by atoms with Crippen LogP contribution in [0.5, 0.6) is 0 Å². The zero-order valence-corrected chi connectivity index (χ0v) is 21.3. The topological polar surface area (TPSA) is 108 Å². The molecule has 3 N–H and O–H groups in total. The standard InChI is InChI=1S/C26H36ClN3O5/c1-3-14-28-22(32)19-20-24(34)30(15-8-4-5-9-16-31)21(26(20)13-12-25(19,2)35-26)23(33)29-18-11-7-6-10-17(18)27/h6-7,10-11,19-21,31H,3-5,8-9,12-16H2,1-2H3,(H,28,32)(H,29,33)/t19-,20+,21?,25+,26?/m1/s1. The summed E-state index contributed by atoms with van der Waals surface area (Å²) in [5, 5.41) is 15.3. The summed E-state index contributed by atoms with van der Waals surface area (Å²) in [5.41, 5.74) is -1.35. The molecule has 2 bridgehead atoms. The number of unbranched alkanes of at least 4 members (excludes halogenated alkanes) is 3. The molecule has 9 heteroatoms. The Morgan fingerprint density at radius 3 is 2.63 bits per heavy atom. The molecule has 0 aromatic heterocycles. The van der Waals surface area contributed by atoms with Gasteiger partial charge in [-0.15, -0.1) is 0 Å². The summed E-state index contributed by atoms with van der Waals surface area (Å²) in [5.74, 6) is -2.04. The normalized spacial score (nSPS) is 31.0. The van der Waals surface area contributed by atoms with Crippen molar-refractivity contribution in [2.45, 2.75) is 76.0 Å². The maximum Gasteiger partial charge on any atom is 0.250 e. The highest BCUT2D eigenvalue weighted by Crippen LogP contribution is 2.63. The molecular weight excluding hydrogens is 470 g/mol. The molecule has 3 aliphatic rings. The first-order valence-electron chi connectivity index (χ1n) is 12.7. The van der Waals surface area contributed by atoms with E-state index in [-0.39, 0.29) is 24.3 Å². The quantitative estimate of drug-likeness (QED) is 0.400. The first-order valence-corrected chi connectivity index (χ1v) is 13.1. The van der Waals surface area contributed by atoms with E-state index in [0.29, 0.717) is 49.5 Å². The highest BCUT2D eigenvalue weighted by Gasteiger charge is 2.77. The van der Waals surface area contributed by atoms with Crippen LogP contribution in [0, 0.1) is 11.8 Å². The lowest BCUT2D eigenvalue weighted by atomic mass is 9.66. The Kier molecular flexibility index (Phi) is 7.74. The van der Waals surface area contributed by atoms with E-state index in [0.717, 1.165) is 19.3 Å². The van der Waals surface area contributed by atoms with Gasteiger partial charge in [0.2, 0.25) is 17.7 Å². The highest BCUT2D eigenvalue weighted by atomic mass is 35.5. The van der Waals surface area contributed by atoms with Crippen LogP contribution in [-0.4, -0.2) is 64.7 Å². The van der Waals surface area contributed by atoms with Crippen molar-refractivity contribution in [2.75, 3.05) is 25.0 Å². The van der Waals surface area contributed by atoms with E-state index in [1.165, 1.54) is 0 Å². The average Bonchev–Trinajstić information content (AvgIpc) is 3.39. The van der Waals surface area contributed by atoms with Gasteiger partial charge in [-0.25, -0.2) is 0 Å². The summed E-state index contributed by atoms with van der Waals surface area (Å²) < 4.78 is 6.58. The average molecular weight is 506 g/mol. The van der Waals surface area contributed by atoms with Crippen LogP contribution >= 0.6 is 11.6 Å². The van der Waals surface area contributed by atoms with E-state index in [2.05, 4.69) is 10.6 Å². The molecule has 3 heterocycles. The fourth-order valence-corrected chi connectivity index (χ4v) is 6.42. The number of amides is 3. The van der Waals surface area contributed by atoms with Gasteiger partial charge in [0, 0.05) is 19.7 Å². The molecular formula is C26H36ClN3O5. The molecule has 4 rings (SSSR count). The molecule has 1 aromatic carbocycles. The van der Waals surface area contributed by atoms with Crippen LogP contribution in [0.15, 0.2) is 24.3 Å². The number of carbonyl (C=O) groups is 3. The van der Waals surface area contributed by atoms with Gasteiger partial charge in [0.05, 0.1) is 28.1 Å². The Balaban J connectivity index is 1.65. The van der Waals surface area contributed by atoms with Crippen LogP contribution in [0.4, 0.5) is 5.69 Å². The number of aliphatic hydroxyl groups excluding tert-OH is 1. The molecule has 35 heavy (non-hydrogen) atoms. The third-order valence-electron chi connectivity index (χ3n) is 7.80. The largest absolute Gasteiger partial charge is 0.396 e. The molecule has 0 saturated carbocycles. The van der Waals surface area contributed by atoms with Gasteiger partial charge in [0.25, 0.3) is 0 Å². The van der Waals surface area contributed by atoms with E-state index >= 15 is 0 Å². The Morgan fingerprint density at radius 2 is 1.91 bits per heavy atom. The van der Waals surface area contributed by atoms with E-state index in [1.807, 2.05) is 13.8 Å². The number of hydrogen-bond donors (Lipinski definition) is 3. The van der Waals surface area contributed by atoms with E-state index in [9.17, 15) is 14.4 Å². The number of nitrogens with one attached hydrogen (secondary N) is 2. The molecule has 0 radical (unpaired) electrons. The van der Waals surface area contributed by atoms with Gasteiger partial charge in [-0.2, -0.15) is 0 Å². The predicted octanol–water partition coefficient (Wildman–Crippen LogP) is 3.12. The first-order chi connectivity index (χ1) is 16.8. The molecule has 192 valence electrons. The van der Waals surface area contributed by atoms with Gasteiger partial charge in [-0.3, -0.25) is 14.4 Å². The summed E-state index contributed by atoms with van der Waals surface area (Å²) in [7, 11) is 0. The number of para-hydroxylation sites is 1. The molecule has 5 atom stereocenters. The van der Waals surface area contributed by atoms with Crippen molar-refractivity contribution < 1.29 is 24.2 Å². The van der Waals surface area contributed by atoms with Crippen molar-refractivity contribution in [3.63, 3.8) is 0 Å². The third kappa shape index (κ3) is 4.56. The molecule has 0 aliphatic carbocycles. The summed E-state index contributed by atoms with van der Waals surface area (Å²) in [6.45, 7) is 4.94. The van der Waals surface area contributed by atoms with Gasteiger partial charge >= 0.3 is 0 Å². The zero-order chi connectivity index (χ0) is 25.2. The number of likely N-dealkylation sites (tertiary alicyclic amines) is 1. The minimum Gasteiger partial charge on any atom is -0.396 e. The number of anilines is 1. The minimum atomic E-state index is -1.05. The number of aliphatic hydroxyl groups is 1. The van der Waals surface area contributed by atoms with Crippen LogP contribution < -0.4 is 10.6 Å². The molecule has 3 saturated heterocycles. The highest BCUT2D eigenvalue weighted by molar-refractivity contribution is 6.33. The van der Waals surface area contributed by atoms with E-state index in [1.54, 1.807) is 29.2 Å². The second kappa shape index (κ2) is 10.4. The fourth-order valence-electron chi connectivity index (χ4n) is 6.24. The van der Waals surface area contributed by atoms with E-state index < -0.39 is 29.1 Å². The summed E-state index contributed by atoms with van der Waals surface area (Å²) in [6.07, 6.45) is 5.04. The maximum absolute atomic E-state index is 13.9. The van der Waals surface area contributed by atoms with Gasteiger partial charge in [0.15, 0.2) is 0 Å². The van der Waals surface area contributed by atoms with Gasteiger partial charge in [-0.1, -0.05) is 43.5 Å². The summed E-state index contributed by atoms with van der Waals surface area (Å²) in [4.78, 5) is 42.5. The molecule has 3 aliphatic heterocycles. The molecule has 1 aromatic rings. The SMILES string of the molecule is CCCNC(=O)[C@H]1[C@H]2C(=O)N(CCCCCCO)C(C(=O)Nc3ccccc3Cl)C23CC[C@]1(C)O3. The Morgan fingerprint density at radius 1 is 1.17 bits per heavy atom. The molecule has 1 spiro atoms. The van der Waals surface area contributed by atoms with Gasteiger partial charge in [0.1, 0.15) is 11.6 Å². The van der Waals surface area contributed by atoms with Crippen molar-refractivity contribution in [1.29, 1.82) is 0 Å². The van der Waals surface area contributed by atoms with Gasteiger partial charge < -0.3 is 25.4 Å². The smallest absolute Gasteiger partial charge is 0.250 e. The van der Waals surface area contributed by atoms with Crippen molar-refractivity contribution >= 4 is 35.0 Å². The van der Waals surface area contributed by atoms with Crippen LogP contribution in [0.25, 0.3) is 0 Å². The molecule has 3 amide bonds. The van der Waals surface area contributed by atoms with E-state index in [4.69, 9.17) is 21.4 Å². The van der Waals surface area contributed by atoms with Crippen LogP contribution in [0.2, 0.25) is 5.02 Å². The summed E-state index contributed by atoms with van der Waals surface area (Å²) in [6, 6.07) is 6.14. The number of halogens is 1. The predicted molar refractivity (Wildman–Crippen MR) is 133 cm³/mol. The number of benzene rings is 1. The Hall–Kier alpha value is -2.16. The molecule has 2 unspecified atom stereocenters. The summed E-state index contributed by atoms with van der Waals surface area (Å²) >= 11 is 6.30. The zero-order valence-electron chi connectivity index (χ0n) is 20.5. The Labute approximate surface area is 211 Å². The van der Waals surface area contributed by atoms with Crippen LogP contribution in [-0.2, 0) is 19.1 Å². The number of nitrogens with zero attached hydrogens (tertiary/aromatic N) is 1. The number of hydrogen-bond acceptors (Lipinski definition) is 5. The minimum absolute atomic E-state index is 0.137. The lowest BCUT2D eigenvalue weighted by molar-refractivity contribution is -0.144. The second-order valence-electron chi connectivity index (χ2n) is 10.2. The van der Waals surface area contributed by atoms with Crippen molar-refractivity contribution in [1.82, 2.24) is 10.2 Å².